The second-order valence-corrected chi connectivity index (χ2v) is 6.16. The molecule has 0 bridgehead atoms. The lowest BCUT2D eigenvalue weighted by Crippen LogP contribution is -2.47. The van der Waals surface area contributed by atoms with Crippen LogP contribution in [0.25, 0.3) is 0 Å². The van der Waals surface area contributed by atoms with Crippen molar-refractivity contribution in [2.45, 2.75) is 38.8 Å². The molecule has 0 aromatic carbocycles. The zero-order chi connectivity index (χ0) is 13.0. The Morgan fingerprint density at radius 1 is 1.61 bits per heavy atom. The van der Waals surface area contributed by atoms with E-state index in [1.165, 1.54) is 11.3 Å². The van der Waals surface area contributed by atoms with Gasteiger partial charge < -0.3 is 15.0 Å². The predicted molar refractivity (Wildman–Crippen MR) is 76.4 cm³/mol. The topological polar surface area (TPSA) is 37.4 Å². The van der Waals surface area contributed by atoms with E-state index in [0.717, 1.165) is 37.7 Å². The maximum atomic E-state index is 5.62. The Morgan fingerprint density at radius 2 is 2.44 bits per heavy atom. The highest BCUT2D eigenvalue weighted by Gasteiger charge is 2.31. The van der Waals surface area contributed by atoms with Crippen molar-refractivity contribution in [2.75, 3.05) is 31.6 Å². The van der Waals surface area contributed by atoms with E-state index in [1.807, 2.05) is 13.3 Å². The zero-order valence-corrected chi connectivity index (χ0v) is 12.3. The van der Waals surface area contributed by atoms with Crippen LogP contribution in [0.15, 0.2) is 6.20 Å². The Hall–Kier alpha value is -0.650. The summed E-state index contributed by atoms with van der Waals surface area (Å²) in [6.07, 6.45) is 4.30. The van der Waals surface area contributed by atoms with Gasteiger partial charge in [0.1, 0.15) is 0 Å². The highest BCUT2D eigenvalue weighted by molar-refractivity contribution is 7.15. The van der Waals surface area contributed by atoms with E-state index >= 15 is 0 Å². The van der Waals surface area contributed by atoms with Crippen molar-refractivity contribution in [3.05, 3.63) is 11.1 Å². The second-order valence-electron chi connectivity index (χ2n) is 5.07. The Morgan fingerprint density at radius 3 is 3.17 bits per heavy atom. The molecule has 1 fully saturated rings. The number of nitrogens with zero attached hydrogens (tertiary/aromatic N) is 2. The molecule has 1 aliphatic heterocycles. The molecule has 2 rings (SSSR count). The predicted octanol–water partition coefficient (Wildman–Crippen LogP) is 2.26. The minimum Gasteiger partial charge on any atom is -0.377 e. The maximum absolute atomic E-state index is 5.62. The number of rotatable bonds is 5. The first-order valence-electron chi connectivity index (χ1n) is 6.62. The van der Waals surface area contributed by atoms with Crippen molar-refractivity contribution in [3.63, 3.8) is 0 Å². The van der Waals surface area contributed by atoms with Crippen molar-refractivity contribution < 1.29 is 4.74 Å². The average molecular weight is 269 g/mol. The first-order valence-corrected chi connectivity index (χ1v) is 7.44. The van der Waals surface area contributed by atoms with Gasteiger partial charge in [0, 0.05) is 37.8 Å². The molecular weight excluding hydrogens is 246 g/mol. The number of aromatic nitrogens is 1. The third kappa shape index (κ3) is 3.22. The second kappa shape index (κ2) is 5.99. The van der Waals surface area contributed by atoms with Gasteiger partial charge >= 0.3 is 0 Å². The monoisotopic (exact) mass is 269 g/mol. The number of anilines is 1. The highest BCUT2D eigenvalue weighted by atomic mass is 32.1. The fourth-order valence-electron chi connectivity index (χ4n) is 2.31. The summed E-state index contributed by atoms with van der Waals surface area (Å²) in [5.74, 6) is 0. The van der Waals surface area contributed by atoms with Gasteiger partial charge in [0.25, 0.3) is 0 Å². The van der Waals surface area contributed by atoms with Crippen LogP contribution >= 0.6 is 11.3 Å². The zero-order valence-electron chi connectivity index (χ0n) is 11.5. The Bertz CT molecular complexity index is 382. The van der Waals surface area contributed by atoms with Gasteiger partial charge in [0.05, 0.1) is 5.60 Å². The van der Waals surface area contributed by atoms with Crippen LogP contribution in [0, 0.1) is 0 Å². The molecule has 102 valence electrons. The number of thiazole rings is 1. The molecule has 1 unspecified atom stereocenters. The van der Waals surface area contributed by atoms with Crippen molar-refractivity contribution >= 4 is 16.5 Å². The summed E-state index contributed by atoms with van der Waals surface area (Å²) in [6.45, 7) is 8.26. The van der Waals surface area contributed by atoms with E-state index < -0.39 is 0 Å². The molecule has 0 amide bonds. The smallest absolute Gasteiger partial charge is 0.185 e. The largest absolute Gasteiger partial charge is 0.377 e. The molecule has 1 saturated heterocycles. The van der Waals surface area contributed by atoms with Gasteiger partial charge in [-0.15, -0.1) is 11.3 Å². The molecule has 1 aromatic rings. The summed E-state index contributed by atoms with van der Waals surface area (Å²) in [7, 11) is 1.81. The summed E-state index contributed by atoms with van der Waals surface area (Å²) in [6, 6.07) is 0. The lowest BCUT2D eigenvalue weighted by Gasteiger charge is -2.39. The van der Waals surface area contributed by atoms with Gasteiger partial charge in [0.2, 0.25) is 0 Å². The molecule has 1 N–H and O–H groups in total. The minimum absolute atomic E-state index is 0.0221. The fourth-order valence-corrected chi connectivity index (χ4v) is 3.21. The number of methoxy groups -OCH3 is 1. The van der Waals surface area contributed by atoms with E-state index in [-0.39, 0.29) is 5.60 Å². The molecule has 4 nitrogen and oxygen atoms in total. The molecular formula is C13H23N3OS. The third-order valence-electron chi connectivity index (χ3n) is 3.51. The van der Waals surface area contributed by atoms with Crippen LogP contribution in [0.1, 0.15) is 31.6 Å². The van der Waals surface area contributed by atoms with E-state index in [0.29, 0.717) is 0 Å². The molecule has 1 aromatic heterocycles. The van der Waals surface area contributed by atoms with Crippen molar-refractivity contribution in [2.24, 2.45) is 0 Å². The molecule has 0 aliphatic carbocycles. The number of hydrogen-bond acceptors (Lipinski definition) is 5. The minimum atomic E-state index is -0.0221. The van der Waals surface area contributed by atoms with Gasteiger partial charge in [-0.25, -0.2) is 4.98 Å². The van der Waals surface area contributed by atoms with Gasteiger partial charge in [-0.05, 0) is 26.3 Å². The summed E-state index contributed by atoms with van der Waals surface area (Å²) in [5.41, 5.74) is -0.0221. The summed E-state index contributed by atoms with van der Waals surface area (Å²) >= 11 is 1.79. The first kappa shape index (κ1) is 13.8. The number of nitrogens with one attached hydrogen (secondary N) is 1. The first-order chi connectivity index (χ1) is 8.67. The van der Waals surface area contributed by atoms with E-state index in [1.54, 1.807) is 11.3 Å². The van der Waals surface area contributed by atoms with Crippen molar-refractivity contribution in [1.29, 1.82) is 0 Å². The molecule has 2 heterocycles. The van der Waals surface area contributed by atoms with Crippen LogP contribution in [0.4, 0.5) is 5.13 Å². The number of ether oxygens (including phenoxy) is 1. The molecule has 18 heavy (non-hydrogen) atoms. The number of piperidine rings is 1. The van der Waals surface area contributed by atoms with Gasteiger partial charge in [-0.2, -0.15) is 0 Å². The molecule has 0 saturated carbocycles. The Kier molecular flexibility index (Phi) is 4.59. The van der Waals surface area contributed by atoms with Crippen molar-refractivity contribution in [3.8, 4) is 0 Å². The van der Waals surface area contributed by atoms with E-state index in [4.69, 9.17) is 4.74 Å². The van der Waals surface area contributed by atoms with Crippen LogP contribution in [0.5, 0.6) is 0 Å². The SMILES string of the molecule is CCNCc1cnc(N2CCCC(C)(OC)C2)s1. The average Bonchev–Trinajstić information content (AvgIpc) is 2.85. The van der Waals surface area contributed by atoms with E-state index in [2.05, 4.69) is 29.0 Å². The van der Waals surface area contributed by atoms with Crippen molar-refractivity contribution in [1.82, 2.24) is 10.3 Å². The van der Waals surface area contributed by atoms with Gasteiger partial charge in [0.15, 0.2) is 5.13 Å². The molecule has 0 radical (unpaired) electrons. The van der Waals surface area contributed by atoms with Gasteiger partial charge in [-0.1, -0.05) is 6.92 Å². The van der Waals surface area contributed by atoms with Crippen LogP contribution < -0.4 is 10.2 Å². The fraction of sp³-hybridized carbons (Fsp3) is 0.769. The standard InChI is InChI=1S/C13H23N3OS/c1-4-14-8-11-9-15-12(18-11)16-7-5-6-13(2,10-16)17-3/h9,14H,4-8,10H2,1-3H3. The lowest BCUT2D eigenvalue weighted by atomic mass is 9.95. The lowest BCUT2D eigenvalue weighted by molar-refractivity contribution is -0.00466. The van der Waals surface area contributed by atoms with E-state index in [9.17, 15) is 0 Å². The molecule has 1 atom stereocenters. The van der Waals surface area contributed by atoms with Crippen LogP contribution in [0.3, 0.4) is 0 Å². The summed E-state index contributed by atoms with van der Waals surface area (Å²) in [5, 5.41) is 4.47. The Labute approximate surface area is 113 Å². The normalized spacial score (nSPS) is 24.5. The van der Waals surface area contributed by atoms with Crippen LogP contribution in [0.2, 0.25) is 0 Å². The molecule has 5 heteroatoms. The van der Waals surface area contributed by atoms with Crippen LogP contribution in [-0.4, -0.2) is 37.3 Å². The highest BCUT2D eigenvalue weighted by Crippen LogP contribution is 2.30. The Balaban J connectivity index is 2.00. The third-order valence-corrected chi connectivity index (χ3v) is 4.57. The summed E-state index contributed by atoms with van der Waals surface area (Å²) < 4.78 is 5.62. The number of hydrogen-bond donors (Lipinski definition) is 1. The molecule has 1 aliphatic rings. The van der Waals surface area contributed by atoms with Gasteiger partial charge in [-0.3, -0.25) is 0 Å². The van der Waals surface area contributed by atoms with Crippen LogP contribution in [-0.2, 0) is 11.3 Å². The quantitative estimate of drug-likeness (QED) is 0.889. The maximum Gasteiger partial charge on any atom is 0.185 e. The molecule has 0 spiro atoms. The summed E-state index contributed by atoms with van der Waals surface area (Å²) in [4.78, 5) is 8.20.